The first-order chi connectivity index (χ1) is 10.0. The second-order valence-corrected chi connectivity index (χ2v) is 5.14. The van der Waals surface area contributed by atoms with Crippen LogP contribution in [0, 0.1) is 0 Å². The molecule has 0 radical (unpaired) electrons. The Hall–Kier alpha value is -2.48. The van der Waals surface area contributed by atoms with Gasteiger partial charge in [-0.3, -0.25) is 0 Å². The Labute approximate surface area is 125 Å². The van der Waals surface area contributed by atoms with Crippen LogP contribution in [0.4, 0.5) is 0 Å². The summed E-state index contributed by atoms with van der Waals surface area (Å²) in [7, 11) is 0. The lowest BCUT2D eigenvalue weighted by molar-refractivity contribution is 0.402. The Balaban J connectivity index is 2.72. The van der Waals surface area contributed by atoms with Gasteiger partial charge in [0.2, 0.25) is 0 Å². The molecule has 21 heavy (non-hydrogen) atoms. The molecule has 0 aliphatic heterocycles. The van der Waals surface area contributed by atoms with Crippen molar-refractivity contribution in [2.45, 2.75) is 19.3 Å². The monoisotopic (exact) mass is 280 g/mol. The van der Waals surface area contributed by atoms with Gasteiger partial charge in [0.15, 0.2) is 11.5 Å². The van der Waals surface area contributed by atoms with Crippen LogP contribution in [0.15, 0.2) is 72.8 Å². The van der Waals surface area contributed by atoms with Crippen LogP contribution in [-0.2, 0) is 5.41 Å². The SMILES string of the molecule is C=C/C(=C\C)C(C)(c1ccccc1)c1ccc(O)c(O)c1. The molecule has 2 aromatic carbocycles. The van der Waals surface area contributed by atoms with Crippen molar-refractivity contribution in [3.8, 4) is 11.5 Å². The quantitative estimate of drug-likeness (QED) is 0.638. The fourth-order valence-electron chi connectivity index (χ4n) is 2.72. The smallest absolute Gasteiger partial charge is 0.157 e. The maximum Gasteiger partial charge on any atom is 0.157 e. The van der Waals surface area contributed by atoms with Gasteiger partial charge in [0.05, 0.1) is 0 Å². The first-order valence-electron chi connectivity index (χ1n) is 6.91. The standard InChI is InChI=1S/C19H20O2/c1-4-14(5-2)19(3,15-9-7-6-8-10-15)16-11-12-17(20)18(21)13-16/h4-13,20-21H,1H2,2-3H3/b14-5+. The Morgan fingerprint density at radius 1 is 1.00 bits per heavy atom. The van der Waals surface area contributed by atoms with Crippen molar-refractivity contribution < 1.29 is 10.2 Å². The minimum Gasteiger partial charge on any atom is -0.504 e. The number of benzene rings is 2. The van der Waals surface area contributed by atoms with Gasteiger partial charge in [0.25, 0.3) is 0 Å². The van der Waals surface area contributed by atoms with E-state index in [9.17, 15) is 10.2 Å². The third kappa shape index (κ3) is 2.57. The van der Waals surface area contributed by atoms with Crippen LogP contribution in [0.3, 0.4) is 0 Å². The Morgan fingerprint density at radius 3 is 2.19 bits per heavy atom. The highest BCUT2D eigenvalue weighted by Crippen LogP contribution is 2.41. The molecule has 2 heteroatoms. The zero-order chi connectivity index (χ0) is 15.5. The summed E-state index contributed by atoms with van der Waals surface area (Å²) in [5.41, 5.74) is 2.60. The van der Waals surface area contributed by atoms with Gasteiger partial charge in [-0.15, -0.1) is 0 Å². The fraction of sp³-hybridized carbons (Fsp3) is 0.158. The highest BCUT2D eigenvalue weighted by molar-refractivity contribution is 5.54. The summed E-state index contributed by atoms with van der Waals surface area (Å²) in [6.45, 7) is 7.97. The predicted molar refractivity (Wildman–Crippen MR) is 86.6 cm³/mol. The molecule has 1 atom stereocenters. The zero-order valence-electron chi connectivity index (χ0n) is 12.4. The van der Waals surface area contributed by atoms with Crippen molar-refractivity contribution in [2.24, 2.45) is 0 Å². The Bertz CT molecular complexity index is 671. The lowest BCUT2D eigenvalue weighted by Gasteiger charge is -2.32. The molecule has 108 valence electrons. The van der Waals surface area contributed by atoms with Gasteiger partial charge in [0.1, 0.15) is 0 Å². The molecule has 2 rings (SSSR count). The fourth-order valence-corrected chi connectivity index (χ4v) is 2.72. The van der Waals surface area contributed by atoms with Crippen LogP contribution in [0.1, 0.15) is 25.0 Å². The van der Waals surface area contributed by atoms with Crippen LogP contribution in [0.5, 0.6) is 11.5 Å². The molecule has 0 aliphatic rings. The molecule has 1 unspecified atom stereocenters. The summed E-state index contributed by atoms with van der Waals surface area (Å²) < 4.78 is 0. The number of phenols is 2. The van der Waals surface area contributed by atoms with Gasteiger partial charge in [-0.25, -0.2) is 0 Å². The van der Waals surface area contributed by atoms with Gasteiger partial charge in [-0.1, -0.05) is 55.1 Å². The molecule has 2 nitrogen and oxygen atoms in total. The van der Waals surface area contributed by atoms with Crippen LogP contribution in [0.2, 0.25) is 0 Å². The third-order valence-electron chi connectivity index (χ3n) is 4.01. The largest absolute Gasteiger partial charge is 0.504 e. The number of allylic oxidation sites excluding steroid dienone is 3. The molecule has 2 aromatic rings. The van der Waals surface area contributed by atoms with Gasteiger partial charge in [-0.2, -0.15) is 0 Å². The molecule has 0 bridgehead atoms. The molecule has 0 heterocycles. The second-order valence-electron chi connectivity index (χ2n) is 5.14. The van der Waals surface area contributed by atoms with Gasteiger partial charge in [-0.05, 0) is 42.7 Å². The summed E-state index contributed by atoms with van der Waals surface area (Å²) in [6.07, 6.45) is 3.85. The average molecular weight is 280 g/mol. The number of hydrogen-bond acceptors (Lipinski definition) is 2. The molecule has 0 aliphatic carbocycles. The van der Waals surface area contributed by atoms with E-state index in [4.69, 9.17) is 0 Å². The number of aromatic hydroxyl groups is 2. The second kappa shape index (κ2) is 5.88. The van der Waals surface area contributed by atoms with Crippen LogP contribution >= 0.6 is 0 Å². The molecule has 0 aromatic heterocycles. The van der Waals surface area contributed by atoms with E-state index in [2.05, 4.69) is 25.6 Å². The Morgan fingerprint density at radius 2 is 1.67 bits per heavy atom. The zero-order valence-corrected chi connectivity index (χ0v) is 12.4. The summed E-state index contributed by atoms with van der Waals surface area (Å²) in [6, 6.07) is 15.0. The number of phenolic OH excluding ortho intramolecular Hbond substituents is 2. The van der Waals surface area contributed by atoms with E-state index in [0.29, 0.717) is 0 Å². The van der Waals surface area contributed by atoms with Crippen molar-refractivity contribution in [1.82, 2.24) is 0 Å². The van der Waals surface area contributed by atoms with Crippen molar-refractivity contribution in [1.29, 1.82) is 0 Å². The van der Waals surface area contributed by atoms with Crippen LogP contribution in [0.25, 0.3) is 0 Å². The lowest BCUT2D eigenvalue weighted by atomic mass is 9.70. The normalized spacial score (nSPS) is 14.5. The molecule has 0 saturated heterocycles. The van der Waals surface area contributed by atoms with E-state index in [0.717, 1.165) is 16.7 Å². The van der Waals surface area contributed by atoms with Crippen molar-refractivity contribution in [3.05, 3.63) is 84.0 Å². The van der Waals surface area contributed by atoms with Crippen molar-refractivity contribution in [3.63, 3.8) is 0 Å². The van der Waals surface area contributed by atoms with Gasteiger partial charge < -0.3 is 10.2 Å². The summed E-state index contributed by atoms with van der Waals surface area (Å²) in [4.78, 5) is 0. The minimum atomic E-state index is -0.442. The molecular formula is C19H20O2. The summed E-state index contributed by atoms with van der Waals surface area (Å²) in [5.74, 6) is -0.232. The molecular weight excluding hydrogens is 260 g/mol. The highest BCUT2D eigenvalue weighted by Gasteiger charge is 2.31. The van der Waals surface area contributed by atoms with E-state index >= 15 is 0 Å². The van der Waals surface area contributed by atoms with E-state index in [1.54, 1.807) is 6.07 Å². The molecule has 2 N–H and O–H groups in total. The maximum atomic E-state index is 9.84. The van der Waals surface area contributed by atoms with E-state index in [-0.39, 0.29) is 11.5 Å². The van der Waals surface area contributed by atoms with Crippen molar-refractivity contribution >= 4 is 0 Å². The predicted octanol–water partition coefficient (Wildman–Crippen LogP) is 4.54. The first-order valence-corrected chi connectivity index (χ1v) is 6.91. The molecule has 0 spiro atoms. The topological polar surface area (TPSA) is 40.5 Å². The van der Waals surface area contributed by atoms with Gasteiger partial charge >= 0.3 is 0 Å². The maximum absolute atomic E-state index is 9.84. The summed E-state index contributed by atoms with van der Waals surface area (Å²) in [5, 5.41) is 19.4. The highest BCUT2D eigenvalue weighted by atomic mass is 16.3. The summed E-state index contributed by atoms with van der Waals surface area (Å²) >= 11 is 0. The lowest BCUT2D eigenvalue weighted by Crippen LogP contribution is -2.25. The van der Waals surface area contributed by atoms with E-state index < -0.39 is 5.41 Å². The minimum absolute atomic E-state index is 0.116. The average Bonchev–Trinajstić information content (AvgIpc) is 2.51. The van der Waals surface area contributed by atoms with E-state index in [1.807, 2.05) is 43.3 Å². The molecule has 0 fully saturated rings. The first kappa shape index (κ1) is 14.9. The van der Waals surface area contributed by atoms with Crippen molar-refractivity contribution in [2.75, 3.05) is 0 Å². The molecule has 0 amide bonds. The van der Waals surface area contributed by atoms with E-state index in [1.165, 1.54) is 6.07 Å². The van der Waals surface area contributed by atoms with Crippen LogP contribution in [-0.4, -0.2) is 10.2 Å². The number of hydrogen-bond donors (Lipinski definition) is 2. The van der Waals surface area contributed by atoms with Crippen LogP contribution < -0.4 is 0 Å². The molecule has 0 saturated carbocycles. The Kier molecular flexibility index (Phi) is 4.18. The number of rotatable bonds is 4. The third-order valence-corrected chi connectivity index (χ3v) is 4.01. The van der Waals surface area contributed by atoms with Gasteiger partial charge in [0, 0.05) is 5.41 Å².